The van der Waals surface area contributed by atoms with Crippen LogP contribution in [0.5, 0.6) is 5.75 Å². The van der Waals surface area contributed by atoms with E-state index in [4.69, 9.17) is 4.74 Å². The summed E-state index contributed by atoms with van der Waals surface area (Å²) in [5.41, 5.74) is 2.21. The van der Waals surface area contributed by atoms with Crippen molar-refractivity contribution in [1.29, 1.82) is 0 Å². The predicted octanol–water partition coefficient (Wildman–Crippen LogP) is 4.31. The summed E-state index contributed by atoms with van der Waals surface area (Å²) in [6.07, 6.45) is 1.60. The number of rotatable bonds is 7. The van der Waals surface area contributed by atoms with Gasteiger partial charge in [-0.3, -0.25) is 4.79 Å². The summed E-state index contributed by atoms with van der Waals surface area (Å²) in [5, 5.41) is 8.09. The Kier molecular flexibility index (Phi) is 7.21. The third-order valence-electron chi connectivity index (χ3n) is 3.89. The van der Waals surface area contributed by atoms with Crippen LogP contribution in [0.4, 0.5) is 16.2 Å². The molecule has 0 radical (unpaired) electrons. The zero-order chi connectivity index (χ0) is 20.6. The van der Waals surface area contributed by atoms with Crippen molar-refractivity contribution in [1.82, 2.24) is 5.32 Å². The Hall–Kier alpha value is -3.28. The van der Waals surface area contributed by atoms with Gasteiger partial charge in [-0.15, -0.1) is 6.58 Å². The fourth-order valence-electron chi connectivity index (χ4n) is 2.53. The number of ether oxygens (including phenoxy) is 1. The fourth-order valence-corrected chi connectivity index (χ4v) is 2.53. The molecule has 0 heterocycles. The number of hydrogen-bond donors (Lipinski definition) is 3. The molecule has 0 saturated heterocycles. The lowest BCUT2D eigenvalue weighted by atomic mass is 9.86. The highest BCUT2D eigenvalue weighted by molar-refractivity contribution is 5.93. The van der Waals surface area contributed by atoms with Crippen molar-refractivity contribution in [3.63, 3.8) is 0 Å². The largest absolute Gasteiger partial charge is 0.483 e. The monoisotopic (exact) mass is 381 g/mol. The summed E-state index contributed by atoms with van der Waals surface area (Å²) < 4.78 is 5.73. The first-order valence-corrected chi connectivity index (χ1v) is 9.07. The third kappa shape index (κ3) is 6.46. The average Bonchev–Trinajstić information content (AvgIpc) is 2.66. The van der Waals surface area contributed by atoms with Gasteiger partial charge in [-0.25, -0.2) is 4.79 Å². The minimum absolute atomic E-state index is 0.0755. The minimum Gasteiger partial charge on any atom is -0.483 e. The summed E-state index contributed by atoms with van der Waals surface area (Å²) in [6, 6.07) is 14.2. The van der Waals surface area contributed by atoms with Crippen LogP contribution in [0.1, 0.15) is 26.3 Å². The average molecular weight is 381 g/mol. The molecule has 0 aliphatic carbocycles. The summed E-state index contributed by atoms with van der Waals surface area (Å²) >= 11 is 0. The normalized spacial score (nSPS) is 10.7. The van der Waals surface area contributed by atoms with E-state index >= 15 is 0 Å². The predicted molar refractivity (Wildman–Crippen MR) is 113 cm³/mol. The number of carbonyl (C=O) groups is 2. The molecule has 0 spiro atoms. The first-order valence-electron chi connectivity index (χ1n) is 9.07. The second-order valence-corrected chi connectivity index (χ2v) is 7.28. The van der Waals surface area contributed by atoms with Crippen molar-refractivity contribution in [2.24, 2.45) is 0 Å². The quantitative estimate of drug-likeness (QED) is 0.625. The van der Waals surface area contributed by atoms with Crippen molar-refractivity contribution in [2.45, 2.75) is 26.2 Å². The molecule has 0 fully saturated rings. The van der Waals surface area contributed by atoms with Crippen LogP contribution in [-0.4, -0.2) is 25.1 Å². The van der Waals surface area contributed by atoms with Gasteiger partial charge in [0.15, 0.2) is 6.61 Å². The lowest BCUT2D eigenvalue weighted by Gasteiger charge is -2.22. The number of anilines is 2. The highest BCUT2D eigenvalue weighted by Gasteiger charge is 2.18. The third-order valence-corrected chi connectivity index (χ3v) is 3.89. The molecule has 2 rings (SSSR count). The molecule has 2 aromatic rings. The van der Waals surface area contributed by atoms with E-state index in [1.807, 2.05) is 24.3 Å². The lowest BCUT2D eigenvalue weighted by molar-refractivity contribution is -0.118. The maximum Gasteiger partial charge on any atom is 0.319 e. The molecule has 148 valence electrons. The van der Waals surface area contributed by atoms with Crippen LogP contribution in [0.15, 0.2) is 61.2 Å². The van der Waals surface area contributed by atoms with Crippen molar-refractivity contribution in [3.8, 4) is 5.75 Å². The van der Waals surface area contributed by atoms with Crippen LogP contribution >= 0.6 is 0 Å². The molecule has 6 nitrogen and oxygen atoms in total. The Bertz CT molecular complexity index is 824. The number of carbonyl (C=O) groups excluding carboxylic acids is 2. The smallest absolute Gasteiger partial charge is 0.319 e. The van der Waals surface area contributed by atoms with E-state index < -0.39 is 0 Å². The lowest BCUT2D eigenvalue weighted by Crippen LogP contribution is -2.28. The molecule has 0 bridgehead atoms. The van der Waals surface area contributed by atoms with E-state index in [0.29, 0.717) is 23.7 Å². The molecule has 0 aromatic heterocycles. The van der Waals surface area contributed by atoms with Gasteiger partial charge in [0.25, 0.3) is 5.91 Å². The van der Waals surface area contributed by atoms with Gasteiger partial charge in [-0.05, 0) is 41.3 Å². The molecule has 0 aliphatic rings. The van der Waals surface area contributed by atoms with Crippen LogP contribution in [-0.2, 0) is 10.2 Å². The summed E-state index contributed by atoms with van der Waals surface area (Å²) in [7, 11) is 0. The van der Waals surface area contributed by atoms with Crippen LogP contribution in [0.3, 0.4) is 0 Å². The molecular formula is C22H27N3O3. The number of hydrogen-bond acceptors (Lipinski definition) is 3. The zero-order valence-electron chi connectivity index (χ0n) is 16.5. The van der Waals surface area contributed by atoms with Crippen molar-refractivity contribution in [2.75, 3.05) is 23.8 Å². The van der Waals surface area contributed by atoms with Gasteiger partial charge in [0.05, 0.1) is 0 Å². The molecule has 2 aromatic carbocycles. The SMILES string of the molecule is C=CCNC(=O)Nc1ccc(NC(=O)COc2ccccc2C(C)(C)C)cc1. The Morgan fingerprint density at radius 2 is 1.61 bits per heavy atom. The van der Waals surface area contributed by atoms with Crippen molar-refractivity contribution >= 4 is 23.3 Å². The van der Waals surface area contributed by atoms with Crippen LogP contribution in [0, 0.1) is 0 Å². The van der Waals surface area contributed by atoms with E-state index in [1.54, 1.807) is 30.3 Å². The second kappa shape index (κ2) is 9.60. The van der Waals surface area contributed by atoms with Gasteiger partial charge in [0.1, 0.15) is 5.75 Å². The molecule has 3 amide bonds. The highest BCUT2D eigenvalue weighted by atomic mass is 16.5. The summed E-state index contributed by atoms with van der Waals surface area (Å²) in [4.78, 5) is 23.8. The van der Waals surface area contributed by atoms with Gasteiger partial charge in [-0.1, -0.05) is 45.0 Å². The van der Waals surface area contributed by atoms with Crippen molar-refractivity contribution in [3.05, 3.63) is 66.7 Å². The Balaban J connectivity index is 1.89. The minimum atomic E-state index is -0.317. The fraction of sp³-hybridized carbons (Fsp3) is 0.273. The second-order valence-electron chi connectivity index (χ2n) is 7.28. The molecule has 28 heavy (non-hydrogen) atoms. The topological polar surface area (TPSA) is 79.5 Å². The molecular weight excluding hydrogens is 354 g/mol. The highest BCUT2D eigenvalue weighted by Crippen LogP contribution is 2.30. The summed E-state index contributed by atoms with van der Waals surface area (Å²) in [6.45, 7) is 10.1. The van der Waals surface area contributed by atoms with E-state index in [9.17, 15) is 9.59 Å². The van der Waals surface area contributed by atoms with E-state index in [2.05, 4.69) is 43.3 Å². The van der Waals surface area contributed by atoms with Crippen LogP contribution < -0.4 is 20.7 Å². The Morgan fingerprint density at radius 1 is 1.00 bits per heavy atom. The number of para-hydroxylation sites is 1. The maximum absolute atomic E-state index is 12.2. The van der Waals surface area contributed by atoms with Gasteiger partial charge in [0, 0.05) is 17.9 Å². The molecule has 3 N–H and O–H groups in total. The molecule has 0 aliphatic heterocycles. The zero-order valence-corrected chi connectivity index (χ0v) is 16.5. The van der Waals surface area contributed by atoms with Gasteiger partial charge >= 0.3 is 6.03 Å². The molecule has 0 atom stereocenters. The van der Waals surface area contributed by atoms with Gasteiger partial charge in [0.2, 0.25) is 0 Å². The van der Waals surface area contributed by atoms with E-state index in [-0.39, 0.29) is 24.0 Å². The maximum atomic E-state index is 12.2. The van der Waals surface area contributed by atoms with Gasteiger partial charge < -0.3 is 20.7 Å². The van der Waals surface area contributed by atoms with Crippen LogP contribution in [0.2, 0.25) is 0 Å². The number of benzene rings is 2. The number of nitrogens with one attached hydrogen (secondary N) is 3. The first-order chi connectivity index (χ1) is 13.3. The van der Waals surface area contributed by atoms with Crippen molar-refractivity contribution < 1.29 is 14.3 Å². The summed E-state index contributed by atoms with van der Waals surface area (Å²) in [5.74, 6) is 0.448. The van der Waals surface area contributed by atoms with E-state index in [0.717, 1.165) is 5.56 Å². The number of amides is 3. The first kappa shape index (κ1) is 21.0. The number of urea groups is 1. The van der Waals surface area contributed by atoms with Gasteiger partial charge in [-0.2, -0.15) is 0 Å². The van der Waals surface area contributed by atoms with Crippen LogP contribution in [0.25, 0.3) is 0 Å². The standard InChI is InChI=1S/C22H27N3O3/c1-5-14-23-21(27)25-17-12-10-16(11-13-17)24-20(26)15-28-19-9-7-6-8-18(19)22(2,3)4/h5-13H,1,14-15H2,2-4H3,(H,24,26)(H2,23,25,27). The van der Waals surface area contributed by atoms with E-state index in [1.165, 1.54) is 0 Å². The molecule has 6 heteroatoms. The Labute approximate surface area is 166 Å². The molecule has 0 unspecified atom stereocenters. The Morgan fingerprint density at radius 3 is 2.21 bits per heavy atom. The molecule has 0 saturated carbocycles.